The highest BCUT2D eigenvalue weighted by Gasteiger charge is 2.02. The van der Waals surface area contributed by atoms with Gasteiger partial charge in [-0.1, -0.05) is 0 Å². The Bertz CT molecular complexity index is 438. The highest BCUT2D eigenvalue weighted by atomic mass is 15.3. The lowest BCUT2D eigenvalue weighted by Gasteiger charge is -2.00. The van der Waals surface area contributed by atoms with Crippen molar-refractivity contribution in [2.24, 2.45) is 0 Å². The average molecular weight is 203 g/mol. The number of hydrogen-bond donors (Lipinski definition) is 1. The van der Waals surface area contributed by atoms with E-state index in [0.717, 1.165) is 17.1 Å². The smallest absolute Gasteiger partial charge is 0.0847 e. The molecule has 0 unspecified atom stereocenters. The normalized spacial score (nSPS) is 10.5. The molecular formula is C10H13N5. The van der Waals surface area contributed by atoms with E-state index >= 15 is 0 Å². The lowest BCUT2D eigenvalue weighted by molar-refractivity contribution is 0.662. The molecule has 5 heteroatoms. The SMILES string of the molecule is Cc1cnc(Cn2cc(N)c(C)n2)cn1. The Morgan fingerprint density at radius 2 is 2.07 bits per heavy atom. The van der Waals surface area contributed by atoms with Crippen molar-refractivity contribution in [3.05, 3.63) is 35.7 Å². The average Bonchev–Trinajstić information content (AvgIpc) is 2.50. The fourth-order valence-corrected chi connectivity index (χ4v) is 1.28. The lowest BCUT2D eigenvalue weighted by Crippen LogP contribution is -2.03. The highest BCUT2D eigenvalue weighted by molar-refractivity contribution is 5.39. The molecule has 0 atom stereocenters. The molecule has 0 saturated carbocycles. The van der Waals surface area contributed by atoms with E-state index in [-0.39, 0.29) is 0 Å². The lowest BCUT2D eigenvalue weighted by atomic mass is 10.4. The second-order valence-corrected chi connectivity index (χ2v) is 3.52. The molecule has 5 nitrogen and oxygen atoms in total. The Balaban J connectivity index is 2.18. The number of anilines is 1. The van der Waals surface area contributed by atoms with Crippen LogP contribution in [0, 0.1) is 13.8 Å². The number of nitrogens with zero attached hydrogens (tertiary/aromatic N) is 4. The zero-order valence-corrected chi connectivity index (χ0v) is 8.81. The number of nitrogens with two attached hydrogens (primary N) is 1. The third-order valence-electron chi connectivity index (χ3n) is 2.14. The number of rotatable bonds is 2. The van der Waals surface area contributed by atoms with E-state index in [9.17, 15) is 0 Å². The van der Waals surface area contributed by atoms with Crippen LogP contribution in [0.5, 0.6) is 0 Å². The minimum absolute atomic E-state index is 0.602. The van der Waals surface area contributed by atoms with Gasteiger partial charge in [-0.25, -0.2) is 0 Å². The summed E-state index contributed by atoms with van der Waals surface area (Å²) >= 11 is 0. The quantitative estimate of drug-likeness (QED) is 0.788. The van der Waals surface area contributed by atoms with E-state index in [2.05, 4.69) is 15.1 Å². The van der Waals surface area contributed by atoms with Crippen LogP contribution in [0.1, 0.15) is 17.1 Å². The summed E-state index contributed by atoms with van der Waals surface area (Å²) in [5, 5.41) is 4.25. The van der Waals surface area contributed by atoms with Crippen LogP contribution in [0.2, 0.25) is 0 Å². The Hall–Kier alpha value is -1.91. The molecule has 2 rings (SSSR count). The molecule has 0 spiro atoms. The van der Waals surface area contributed by atoms with E-state index in [0.29, 0.717) is 12.2 Å². The van der Waals surface area contributed by atoms with Gasteiger partial charge in [0.15, 0.2) is 0 Å². The van der Waals surface area contributed by atoms with Crippen LogP contribution in [0.15, 0.2) is 18.6 Å². The summed E-state index contributed by atoms with van der Waals surface area (Å²) in [4.78, 5) is 8.42. The highest BCUT2D eigenvalue weighted by Crippen LogP contribution is 2.07. The van der Waals surface area contributed by atoms with Crippen LogP contribution in [0.3, 0.4) is 0 Å². The van der Waals surface area contributed by atoms with Gasteiger partial charge in [0.1, 0.15) is 0 Å². The predicted molar refractivity (Wildman–Crippen MR) is 57.2 cm³/mol. The van der Waals surface area contributed by atoms with Gasteiger partial charge in [-0.2, -0.15) is 5.10 Å². The van der Waals surface area contributed by atoms with Crippen LogP contribution >= 0.6 is 0 Å². The van der Waals surface area contributed by atoms with E-state index in [1.165, 1.54) is 0 Å². The van der Waals surface area contributed by atoms with Gasteiger partial charge < -0.3 is 5.73 Å². The van der Waals surface area contributed by atoms with Crippen molar-refractivity contribution >= 4 is 5.69 Å². The maximum atomic E-state index is 5.70. The molecule has 78 valence electrons. The molecule has 2 aromatic rings. The van der Waals surface area contributed by atoms with Gasteiger partial charge in [-0.15, -0.1) is 0 Å². The first kappa shape index (κ1) is 9.64. The molecule has 2 aromatic heterocycles. The second-order valence-electron chi connectivity index (χ2n) is 3.52. The van der Waals surface area contributed by atoms with E-state index in [4.69, 9.17) is 5.73 Å². The van der Waals surface area contributed by atoms with E-state index in [1.54, 1.807) is 23.3 Å². The number of aryl methyl sites for hydroxylation is 2. The van der Waals surface area contributed by atoms with Crippen LogP contribution < -0.4 is 5.73 Å². The molecule has 0 amide bonds. The molecule has 2 heterocycles. The minimum Gasteiger partial charge on any atom is -0.396 e. The van der Waals surface area contributed by atoms with Crippen LogP contribution in [-0.2, 0) is 6.54 Å². The third kappa shape index (κ3) is 2.12. The summed E-state index contributed by atoms with van der Waals surface area (Å²) in [6, 6.07) is 0. The summed E-state index contributed by atoms with van der Waals surface area (Å²) in [7, 11) is 0. The predicted octanol–water partition coefficient (Wildman–Crippen LogP) is 0.920. The Labute approximate surface area is 88.0 Å². The zero-order valence-electron chi connectivity index (χ0n) is 8.81. The first-order valence-electron chi connectivity index (χ1n) is 4.72. The van der Waals surface area contributed by atoms with Crippen molar-refractivity contribution < 1.29 is 0 Å². The Kier molecular flexibility index (Phi) is 2.37. The molecule has 0 aliphatic carbocycles. The van der Waals surface area contributed by atoms with Gasteiger partial charge in [0.2, 0.25) is 0 Å². The van der Waals surface area contributed by atoms with Gasteiger partial charge in [0.05, 0.1) is 35.5 Å². The molecule has 0 saturated heterocycles. The molecular weight excluding hydrogens is 190 g/mol. The van der Waals surface area contributed by atoms with Crippen molar-refractivity contribution in [1.29, 1.82) is 0 Å². The van der Waals surface area contributed by atoms with Crippen molar-refractivity contribution in [2.75, 3.05) is 5.73 Å². The van der Waals surface area contributed by atoms with E-state index in [1.807, 2.05) is 13.8 Å². The van der Waals surface area contributed by atoms with Gasteiger partial charge in [0, 0.05) is 12.4 Å². The second kappa shape index (κ2) is 3.68. The standard InChI is InChI=1S/C10H13N5/c1-7-3-13-9(4-12-7)5-15-6-10(11)8(2)14-15/h3-4,6H,5,11H2,1-2H3. The topological polar surface area (TPSA) is 69.6 Å². The summed E-state index contributed by atoms with van der Waals surface area (Å²) in [6.07, 6.45) is 5.30. The van der Waals surface area contributed by atoms with Crippen molar-refractivity contribution in [3.63, 3.8) is 0 Å². The largest absolute Gasteiger partial charge is 0.396 e. The monoisotopic (exact) mass is 203 g/mol. The minimum atomic E-state index is 0.602. The fraction of sp³-hybridized carbons (Fsp3) is 0.300. The molecule has 0 radical (unpaired) electrons. The summed E-state index contributed by atoms with van der Waals surface area (Å²) in [5.41, 5.74) is 9.04. The van der Waals surface area contributed by atoms with Gasteiger partial charge >= 0.3 is 0 Å². The summed E-state index contributed by atoms with van der Waals surface area (Å²) in [6.45, 7) is 4.39. The first-order chi connectivity index (χ1) is 7.15. The van der Waals surface area contributed by atoms with Gasteiger partial charge in [0.25, 0.3) is 0 Å². The molecule has 0 aliphatic heterocycles. The first-order valence-corrected chi connectivity index (χ1v) is 4.72. The molecule has 0 aromatic carbocycles. The number of hydrogen-bond acceptors (Lipinski definition) is 4. The Morgan fingerprint density at radius 3 is 2.60 bits per heavy atom. The fourth-order valence-electron chi connectivity index (χ4n) is 1.28. The molecule has 0 aliphatic rings. The molecule has 2 N–H and O–H groups in total. The molecule has 0 bridgehead atoms. The van der Waals surface area contributed by atoms with Crippen LogP contribution in [0.4, 0.5) is 5.69 Å². The van der Waals surface area contributed by atoms with Gasteiger partial charge in [-0.3, -0.25) is 14.6 Å². The van der Waals surface area contributed by atoms with Crippen molar-refractivity contribution in [2.45, 2.75) is 20.4 Å². The number of aromatic nitrogens is 4. The van der Waals surface area contributed by atoms with Crippen molar-refractivity contribution in [1.82, 2.24) is 19.7 Å². The van der Waals surface area contributed by atoms with E-state index < -0.39 is 0 Å². The maximum absolute atomic E-state index is 5.70. The van der Waals surface area contributed by atoms with Crippen LogP contribution in [0.25, 0.3) is 0 Å². The Morgan fingerprint density at radius 1 is 1.27 bits per heavy atom. The third-order valence-corrected chi connectivity index (χ3v) is 2.14. The van der Waals surface area contributed by atoms with Crippen molar-refractivity contribution in [3.8, 4) is 0 Å². The summed E-state index contributed by atoms with van der Waals surface area (Å²) < 4.78 is 1.77. The summed E-state index contributed by atoms with van der Waals surface area (Å²) in [5.74, 6) is 0. The van der Waals surface area contributed by atoms with Gasteiger partial charge in [-0.05, 0) is 13.8 Å². The maximum Gasteiger partial charge on any atom is 0.0847 e. The van der Waals surface area contributed by atoms with Crippen LogP contribution in [-0.4, -0.2) is 19.7 Å². The molecule has 15 heavy (non-hydrogen) atoms. The zero-order chi connectivity index (χ0) is 10.8. The molecule has 0 fully saturated rings. The number of nitrogen functional groups attached to an aromatic ring is 1.